The first-order valence-electron chi connectivity index (χ1n) is 9.88. The molecule has 1 N–H and O–H groups in total. The predicted molar refractivity (Wildman–Crippen MR) is 113 cm³/mol. The summed E-state index contributed by atoms with van der Waals surface area (Å²) < 4.78 is 33.1. The summed E-state index contributed by atoms with van der Waals surface area (Å²) in [4.78, 5) is 12.6. The van der Waals surface area contributed by atoms with E-state index < -0.39 is 16.1 Å². The second-order valence-electron chi connectivity index (χ2n) is 7.85. The second kappa shape index (κ2) is 8.97. The Morgan fingerprint density at radius 2 is 1.62 bits per heavy atom. The smallest absolute Gasteiger partial charge is 0.265 e. The number of benzene rings is 2. The predicted octanol–water partition coefficient (Wildman–Crippen LogP) is 3.76. The normalized spacial score (nSPS) is 21.3. The number of nitrogens with one attached hydrogen (secondary N) is 1. The number of hydrogen-bond acceptors (Lipinski definition) is 4. The molecule has 0 bridgehead atoms. The number of para-hydroxylation sites is 1. The van der Waals surface area contributed by atoms with E-state index >= 15 is 0 Å². The fraction of sp³-hybridized carbons (Fsp3) is 0.409. The van der Waals surface area contributed by atoms with Gasteiger partial charge in [-0.2, -0.15) is 4.31 Å². The second-order valence-corrected chi connectivity index (χ2v) is 9.79. The highest BCUT2D eigenvalue weighted by Crippen LogP contribution is 2.27. The third kappa shape index (κ3) is 5.36. The third-order valence-corrected chi connectivity index (χ3v) is 6.87. The summed E-state index contributed by atoms with van der Waals surface area (Å²) in [6.07, 6.45) is 0.359. The van der Waals surface area contributed by atoms with Crippen LogP contribution in [0.1, 0.15) is 27.2 Å². The van der Waals surface area contributed by atoms with Crippen LogP contribution < -0.4 is 10.1 Å². The Labute approximate surface area is 172 Å². The van der Waals surface area contributed by atoms with Gasteiger partial charge >= 0.3 is 0 Å². The molecule has 1 aliphatic rings. The van der Waals surface area contributed by atoms with E-state index in [4.69, 9.17) is 4.74 Å². The summed E-state index contributed by atoms with van der Waals surface area (Å²) in [5.41, 5.74) is 0.526. The number of carbonyl (C=O) groups excluding carboxylic acids is 1. The summed E-state index contributed by atoms with van der Waals surface area (Å²) in [6, 6.07) is 15.4. The SMILES string of the molecule is C[C@@H]1C[C@H](C)CN(S(=O)(=O)c2ccc(NC(=O)[C@@H](C)Oc3ccccc3)cc2)C1. The Morgan fingerprint density at radius 3 is 2.21 bits per heavy atom. The van der Waals surface area contributed by atoms with E-state index in [0.29, 0.717) is 36.4 Å². The lowest BCUT2D eigenvalue weighted by Gasteiger charge is -2.34. The molecule has 1 saturated heterocycles. The van der Waals surface area contributed by atoms with Gasteiger partial charge in [0, 0.05) is 18.8 Å². The largest absolute Gasteiger partial charge is 0.481 e. The third-order valence-electron chi connectivity index (χ3n) is 5.02. The van der Waals surface area contributed by atoms with E-state index in [9.17, 15) is 13.2 Å². The van der Waals surface area contributed by atoms with E-state index in [2.05, 4.69) is 19.2 Å². The Morgan fingerprint density at radius 1 is 1.03 bits per heavy atom. The van der Waals surface area contributed by atoms with Gasteiger partial charge in [-0.15, -0.1) is 0 Å². The number of sulfonamides is 1. The zero-order valence-corrected chi connectivity index (χ0v) is 17.9. The van der Waals surface area contributed by atoms with Crippen molar-refractivity contribution in [2.24, 2.45) is 11.8 Å². The first-order chi connectivity index (χ1) is 13.8. The first kappa shape index (κ1) is 21.3. The number of nitrogens with zero attached hydrogens (tertiary/aromatic N) is 1. The average molecular weight is 417 g/mol. The maximum atomic E-state index is 12.9. The van der Waals surface area contributed by atoms with Crippen LogP contribution in [-0.2, 0) is 14.8 Å². The van der Waals surface area contributed by atoms with Gasteiger partial charge in [0.1, 0.15) is 5.75 Å². The molecule has 3 rings (SSSR count). The molecule has 0 radical (unpaired) electrons. The van der Waals surface area contributed by atoms with Gasteiger partial charge in [0.15, 0.2) is 6.10 Å². The van der Waals surface area contributed by atoms with Gasteiger partial charge < -0.3 is 10.1 Å². The number of rotatable bonds is 6. The molecule has 0 unspecified atom stereocenters. The Bertz CT molecular complexity index is 919. The van der Waals surface area contributed by atoms with Crippen molar-refractivity contribution < 1.29 is 17.9 Å². The van der Waals surface area contributed by atoms with Gasteiger partial charge in [-0.3, -0.25) is 4.79 Å². The molecule has 7 heteroatoms. The maximum Gasteiger partial charge on any atom is 0.265 e. The Balaban J connectivity index is 1.64. The van der Waals surface area contributed by atoms with Crippen LogP contribution in [0.15, 0.2) is 59.5 Å². The van der Waals surface area contributed by atoms with Crippen LogP contribution in [0.2, 0.25) is 0 Å². The van der Waals surface area contributed by atoms with Crippen molar-refractivity contribution in [3.05, 3.63) is 54.6 Å². The summed E-state index contributed by atoms with van der Waals surface area (Å²) in [5, 5.41) is 2.76. The molecule has 2 aromatic carbocycles. The molecule has 0 spiro atoms. The van der Waals surface area contributed by atoms with Crippen LogP contribution in [0.4, 0.5) is 5.69 Å². The van der Waals surface area contributed by atoms with Crippen LogP contribution >= 0.6 is 0 Å². The van der Waals surface area contributed by atoms with E-state index in [1.807, 2.05) is 18.2 Å². The number of piperidine rings is 1. The fourth-order valence-electron chi connectivity index (χ4n) is 3.66. The van der Waals surface area contributed by atoms with E-state index in [1.54, 1.807) is 35.5 Å². The molecule has 29 heavy (non-hydrogen) atoms. The molecule has 1 aliphatic heterocycles. The molecule has 0 aliphatic carbocycles. The highest BCUT2D eigenvalue weighted by atomic mass is 32.2. The molecule has 0 saturated carbocycles. The molecule has 2 aromatic rings. The average Bonchev–Trinajstić information content (AvgIpc) is 2.68. The van der Waals surface area contributed by atoms with Gasteiger partial charge in [-0.05, 0) is 61.6 Å². The van der Waals surface area contributed by atoms with Crippen LogP contribution in [0, 0.1) is 11.8 Å². The number of ether oxygens (including phenoxy) is 1. The quantitative estimate of drug-likeness (QED) is 0.778. The lowest BCUT2D eigenvalue weighted by Crippen LogP contribution is -2.42. The molecular weight excluding hydrogens is 388 g/mol. The first-order valence-corrected chi connectivity index (χ1v) is 11.3. The highest BCUT2D eigenvalue weighted by Gasteiger charge is 2.31. The Hall–Kier alpha value is -2.38. The van der Waals surface area contributed by atoms with Crippen molar-refractivity contribution in [2.75, 3.05) is 18.4 Å². The van der Waals surface area contributed by atoms with Gasteiger partial charge in [-0.1, -0.05) is 32.0 Å². The lowest BCUT2D eigenvalue weighted by atomic mass is 9.94. The van der Waals surface area contributed by atoms with Crippen molar-refractivity contribution in [3.63, 3.8) is 0 Å². The van der Waals surface area contributed by atoms with Crippen LogP contribution in [0.25, 0.3) is 0 Å². The molecule has 1 fully saturated rings. The molecule has 1 amide bonds. The monoisotopic (exact) mass is 416 g/mol. The number of amides is 1. The van der Waals surface area contributed by atoms with Crippen LogP contribution in [0.5, 0.6) is 5.75 Å². The van der Waals surface area contributed by atoms with Gasteiger partial charge in [0.05, 0.1) is 4.90 Å². The topological polar surface area (TPSA) is 75.7 Å². The summed E-state index contributed by atoms with van der Waals surface area (Å²) in [6.45, 7) is 6.91. The van der Waals surface area contributed by atoms with Crippen molar-refractivity contribution >= 4 is 21.6 Å². The molecular formula is C22H28N2O4S. The van der Waals surface area contributed by atoms with E-state index in [-0.39, 0.29) is 10.8 Å². The minimum atomic E-state index is -3.53. The Kier molecular flexibility index (Phi) is 6.59. The standard InChI is InChI=1S/C22H28N2O4S/c1-16-13-17(2)15-24(14-16)29(26,27)21-11-9-19(10-12-21)23-22(25)18(3)28-20-7-5-4-6-8-20/h4-12,16-18H,13-15H2,1-3H3,(H,23,25)/t16-,17+,18-/m1/s1. The van der Waals surface area contributed by atoms with Gasteiger partial charge in [0.25, 0.3) is 5.91 Å². The zero-order valence-electron chi connectivity index (χ0n) is 17.0. The molecule has 0 aromatic heterocycles. The van der Waals surface area contributed by atoms with E-state index in [1.165, 1.54) is 12.1 Å². The fourth-order valence-corrected chi connectivity index (χ4v) is 5.34. The van der Waals surface area contributed by atoms with Crippen LogP contribution in [-0.4, -0.2) is 37.8 Å². The van der Waals surface area contributed by atoms with Crippen molar-refractivity contribution in [1.82, 2.24) is 4.31 Å². The molecule has 6 nitrogen and oxygen atoms in total. The molecule has 3 atom stereocenters. The number of carbonyl (C=O) groups is 1. The number of hydrogen-bond donors (Lipinski definition) is 1. The maximum absolute atomic E-state index is 12.9. The zero-order chi connectivity index (χ0) is 21.0. The molecule has 1 heterocycles. The van der Waals surface area contributed by atoms with Crippen LogP contribution in [0.3, 0.4) is 0 Å². The highest BCUT2D eigenvalue weighted by molar-refractivity contribution is 7.89. The summed E-state index contributed by atoms with van der Waals surface area (Å²) in [5.74, 6) is 1.00. The summed E-state index contributed by atoms with van der Waals surface area (Å²) in [7, 11) is -3.53. The number of anilines is 1. The van der Waals surface area contributed by atoms with E-state index in [0.717, 1.165) is 6.42 Å². The van der Waals surface area contributed by atoms with Gasteiger partial charge in [-0.25, -0.2) is 8.42 Å². The van der Waals surface area contributed by atoms with Crippen molar-refractivity contribution in [2.45, 2.75) is 38.2 Å². The van der Waals surface area contributed by atoms with Crippen molar-refractivity contribution in [3.8, 4) is 5.75 Å². The minimum Gasteiger partial charge on any atom is -0.481 e. The van der Waals surface area contributed by atoms with Gasteiger partial charge in [0.2, 0.25) is 10.0 Å². The summed E-state index contributed by atoms with van der Waals surface area (Å²) >= 11 is 0. The van der Waals surface area contributed by atoms with Crippen molar-refractivity contribution in [1.29, 1.82) is 0 Å². The molecule has 156 valence electrons. The lowest BCUT2D eigenvalue weighted by molar-refractivity contribution is -0.122. The minimum absolute atomic E-state index is 0.241.